The lowest BCUT2D eigenvalue weighted by molar-refractivity contribution is 0.873. The second-order valence-corrected chi connectivity index (χ2v) is 1.84. The summed E-state index contributed by atoms with van der Waals surface area (Å²) in [6.45, 7) is 0. The van der Waals surface area contributed by atoms with Crippen LogP contribution in [0.5, 0.6) is 0 Å². The van der Waals surface area contributed by atoms with E-state index in [1.807, 2.05) is 0 Å². The molecule has 0 aromatic carbocycles. The van der Waals surface area contributed by atoms with Gasteiger partial charge in [0.2, 0.25) is 14.7 Å². The van der Waals surface area contributed by atoms with E-state index in [9.17, 15) is 0 Å². The Bertz CT molecular complexity index is 421. The molecule has 0 aliphatic rings. The average molecular weight is 207 g/mol. The summed E-state index contributed by atoms with van der Waals surface area (Å²) in [4.78, 5) is 18.7. The first-order chi connectivity index (χ1) is 7.30. The van der Waals surface area contributed by atoms with Crippen LogP contribution in [-0.4, -0.2) is 15.0 Å². The number of rotatable bonds is 3. The van der Waals surface area contributed by atoms with E-state index >= 15 is 0 Å². The number of nitrogens with one attached hydrogen (secondary N) is 3. The van der Waals surface area contributed by atoms with Crippen molar-refractivity contribution >= 4 is 17.8 Å². The highest BCUT2D eigenvalue weighted by Gasteiger charge is 2.13. The van der Waals surface area contributed by atoms with Crippen molar-refractivity contribution < 1.29 is 0 Å². The van der Waals surface area contributed by atoms with E-state index in [0.717, 1.165) is 0 Å². The number of nitrogens with zero attached hydrogens (tertiary/aromatic N) is 9. The Morgan fingerprint density at radius 1 is 0.667 bits per heavy atom. The number of hydrogen-bond acceptors (Lipinski definition) is 9. The molecular formula is C3H3N12+3. The molecule has 12 heteroatoms. The summed E-state index contributed by atoms with van der Waals surface area (Å²) in [7, 11) is 0. The first-order valence-electron chi connectivity index (χ1n) is 3.28. The first kappa shape index (κ1) is 10.0. The van der Waals surface area contributed by atoms with E-state index in [1.54, 1.807) is 0 Å². The topological polar surface area (TPSA) is 190 Å². The molecule has 0 spiro atoms. The van der Waals surface area contributed by atoms with Gasteiger partial charge in [-0.2, -0.15) is 15.0 Å². The third-order valence-electron chi connectivity index (χ3n) is 1.02. The molecule has 0 saturated carbocycles. The lowest BCUT2D eigenvalue weighted by Crippen LogP contribution is -1.87. The van der Waals surface area contributed by atoms with Crippen molar-refractivity contribution in [1.29, 1.82) is 16.6 Å². The Balaban J connectivity index is 3.36. The van der Waals surface area contributed by atoms with Crippen molar-refractivity contribution in [3.05, 3.63) is 0 Å². The monoisotopic (exact) mass is 207 g/mol. The minimum atomic E-state index is -0.232. The highest BCUT2D eigenvalue weighted by molar-refractivity contribution is 5.30. The Kier molecular flexibility index (Phi) is 3.24. The average Bonchev–Trinajstić information content (AvgIpc) is 2.19. The van der Waals surface area contributed by atoms with Crippen molar-refractivity contribution in [3.8, 4) is 0 Å². The molecule has 1 aromatic heterocycles. The molecule has 1 aromatic rings. The fourth-order valence-electron chi connectivity index (χ4n) is 0.612. The summed E-state index contributed by atoms with van der Waals surface area (Å²) >= 11 is 0. The number of aromatic nitrogens is 3. The van der Waals surface area contributed by atoms with Crippen LogP contribution in [0, 0.1) is 16.6 Å². The maximum Gasteiger partial charge on any atom is 0.343 e. The molecule has 0 unspecified atom stereocenters. The van der Waals surface area contributed by atoms with Crippen LogP contribution < -0.4 is 14.7 Å². The van der Waals surface area contributed by atoms with E-state index in [4.69, 9.17) is 16.6 Å². The van der Waals surface area contributed by atoms with Crippen molar-refractivity contribution in [1.82, 2.24) is 29.7 Å². The molecule has 0 amide bonds. The molecule has 72 valence electrons. The fraction of sp³-hybridized carbons (Fsp3) is 0. The van der Waals surface area contributed by atoms with Gasteiger partial charge >= 0.3 is 17.8 Å². The lowest BCUT2D eigenvalue weighted by Gasteiger charge is -1.83. The molecule has 15 heavy (non-hydrogen) atoms. The molecule has 0 aliphatic carbocycles. The van der Waals surface area contributed by atoms with Gasteiger partial charge in [0.1, 0.15) is 16.6 Å². The summed E-state index contributed by atoms with van der Waals surface area (Å²) < 4.78 is 0. The zero-order valence-electron chi connectivity index (χ0n) is 7.02. The predicted octanol–water partition coefficient (Wildman–Crippen LogP) is 0.417. The second-order valence-electron chi connectivity index (χ2n) is 1.84. The fourth-order valence-corrected chi connectivity index (χ4v) is 0.612. The molecule has 12 nitrogen and oxygen atoms in total. The highest BCUT2D eigenvalue weighted by Crippen LogP contribution is 2.13. The van der Waals surface area contributed by atoms with Gasteiger partial charge in [0.15, 0.2) is 15.3 Å². The summed E-state index contributed by atoms with van der Waals surface area (Å²) in [5, 5.41) is 9.59. The van der Waals surface area contributed by atoms with Crippen LogP contribution in [0.15, 0.2) is 15.3 Å². The molecule has 1 rings (SSSR count). The van der Waals surface area contributed by atoms with E-state index in [-0.39, 0.29) is 17.8 Å². The normalized spacial score (nSPS) is 8.00. The van der Waals surface area contributed by atoms with Gasteiger partial charge in [-0.3, -0.25) is 0 Å². The van der Waals surface area contributed by atoms with Crippen molar-refractivity contribution in [2.45, 2.75) is 0 Å². The van der Waals surface area contributed by atoms with Crippen LogP contribution in [0.25, 0.3) is 0 Å². The quantitative estimate of drug-likeness (QED) is 0.478. The Labute approximate surface area is 80.5 Å². The maximum absolute atomic E-state index is 6.46. The summed E-state index contributed by atoms with van der Waals surface area (Å²) in [6.07, 6.45) is 0. The third-order valence-corrected chi connectivity index (χ3v) is 1.02. The van der Waals surface area contributed by atoms with Crippen LogP contribution in [0.4, 0.5) is 17.8 Å². The van der Waals surface area contributed by atoms with Gasteiger partial charge in [-0.05, 0) is 0 Å². The second kappa shape index (κ2) is 4.84. The molecule has 1 heterocycles. The van der Waals surface area contributed by atoms with E-state index in [1.165, 1.54) is 0 Å². The zero-order valence-corrected chi connectivity index (χ0v) is 7.02. The Morgan fingerprint density at radius 3 is 1.13 bits per heavy atom. The molecule has 0 bridgehead atoms. The maximum atomic E-state index is 6.46. The number of hydrogen-bond donors (Lipinski definition) is 3. The standard InChI is InChI=1S/C3H3N12/c4-13-10-1-7-2(11-14-5)9-3(8-1)12-15-6/h4-6H/q+3. The van der Waals surface area contributed by atoms with Gasteiger partial charge in [-0.25, -0.2) is 0 Å². The third kappa shape index (κ3) is 2.72. The van der Waals surface area contributed by atoms with Crippen molar-refractivity contribution in [2.24, 2.45) is 15.3 Å². The zero-order chi connectivity index (χ0) is 11.1. The largest absolute Gasteiger partial charge is 0.343 e. The van der Waals surface area contributed by atoms with Crippen LogP contribution >= 0.6 is 0 Å². The minimum Gasteiger partial charge on any atom is -0.160 e. The molecule has 0 fully saturated rings. The molecule has 0 radical (unpaired) electrons. The molecular weight excluding hydrogens is 204 g/mol. The molecule has 0 aliphatic heterocycles. The van der Waals surface area contributed by atoms with Gasteiger partial charge in [-0.15, -0.1) is 0 Å². The lowest BCUT2D eigenvalue weighted by atomic mass is 10.8. The van der Waals surface area contributed by atoms with Crippen LogP contribution in [0.1, 0.15) is 0 Å². The van der Waals surface area contributed by atoms with Gasteiger partial charge in [-0.1, -0.05) is 0 Å². The van der Waals surface area contributed by atoms with Gasteiger partial charge in [0.05, 0.1) is 0 Å². The molecule has 0 saturated heterocycles. The van der Waals surface area contributed by atoms with Gasteiger partial charge < -0.3 is 0 Å². The predicted molar refractivity (Wildman–Crippen MR) is 40.7 cm³/mol. The van der Waals surface area contributed by atoms with Crippen LogP contribution in [0.3, 0.4) is 0 Å². The van der Waals surface area contributed by atoms with Crippen molar-refractivity contribution in [3.63, 3.8) is 0 Å². The van der Waals surface area contributed by atoms with Gasteiger partial charge in [0, 0.05) is 0 Å². The Morgan fingerprint density at radius 2 is 0.933 bits per heavy atom. The van der Waals surface area contributed by atoms with E-state index < -0.39 is 0 Å². The summed E-state index contributed by atoms with van der Waals surface area (Å²) in [6, 6.07) is 0. The van der Waals surface area contributed by atoms with Crippen LogP contribution in [0.2, 0.25) is 0 Å². The SMILES string of the molecule is N=[N+]=Nc1nc(N=[N+]=N)nc(N=[N+]=N)n1. The minimum absolute atomic E-state index is 0.232. The molecule has 0 atom stereocenters. The molecule has 3 N–H and O–H groups in total. The van der Waals surface area contributed by atoms with E-state index in [0.29, 0.717) is 0 Å². The first-order valence-corrected chi connectivity index (χ1v) is 3.28. The summed E-state index contributed by atoms with van der Waals surface area (Å²) in [5.74, 6) is -0.695. The smallest absolute Gasteiger partial charge is 0.160 e. The Hall–Kier alpha value is -3.06. The summed E-state index contributed by atoms with van der Waals surface area (Å²) in [5.41, 5.74) is 19.4. The van der Waals surface area contributed by atoms with Gasteiger partial charge in [0.25, 0.3) is 0 Å². The van der Waals surface area contributed by atoms with E-state index in [2.05, 4.69) is 45.0 Å². The van der Waals surface area contributed by atoms with Crippen LogP contribution in [-0.2, 0) is 0 Å². The van der Waals surface area contributed by atoms with Crippen molar-refractivity contribution in [2.75, 3.05) is 0 Å². The highest BCUT2D eigenvalue weighted by atomic mass is 15.3.